The maximum Gasteiger partial charge on any atom is 0.248 e. The van der Waals surface area contributed by atoms with Crippen LogP contribution in [0.5, 0.6) is 0 Å². The van der Waals surface area contributed by atoms with E-state index in [2.05, 4.69) is 30.9 Å². The number of anilines is 1. The summed E-state index contributed by atoms with van der Waals surface area (Å²) in [5, 5.41) is 16.8. The largest absolute Gasteiger partial charge is 0.381 e. The predicted octanol–water partition coefficient (Wildman–Crippen LogP) is 3.12. The zero-order valence-electron chi connectivity index (χ0n) is 23.0. The fourth-order valence-electron chi connectivity index (χ4n) is 5.43. The van der Waals surface area contributed by atoms with Gasteiger partial charge in [-0.25, -0.2) is 0 Å². The van der Waals surface area contributed by atoms with Crippen molar-refractivity contribution in [3.8, 4) is 11.3 Å². The zero-order chi connectivity index (χ0) is 27.8. The summed E-state index contributed by atoms with van der Waals surface area (Å²) in [5.74, 6) is -0.858. The summed E-state index contributed by atoms with van der Waals surface area (Å²) in [5.41, 5.74) is 0.908. The smallest absolute Gasteiger partial charge is 0.248 e. The highest BCUT2D eigenvalue weighted by Gasteiger charge is 2.43. The molecule has 3 amide bonds. The molecule has 1 saturated heterocycles. The first kappa shape index (κ1) is 29.1. The van der Waals surface area contributed by atoms with Crippen LogP contribution in [-0.2, 0) is 19.1 Å². The van der Waals surface area contributed by atoms with E-state index in [0.29, 0.717) is 36.8 Å². The van der Waals surface area contributed by atoms with Gasteiger partial charge in [-0.05, 0) is 45.6 Å². The molecular weight excluding hydrogens is 516 g/mol. The van der Waals surface area contributed by atoms with Crippen molar-refractivity contribution in [3.63, 3.8) is 0 Å². The van der Waals surface area contributed by atoms with Gasteiger partial charge in [-0.15, -0.1) is 5.10 Å². The molecule has 0 bridgehead atoms. The summed E-state index contributed by atoms with van der Waals surface area (Å²) < 4.78 is 9.65. The highest BCUT2D eigenvalue weighted by molar-refractivity contribution is 7.10. The van der Waals surface area contributed by atoms with Crippen LogP contribution in [0.15, 0.2) is 30.3 Å². The van der Waals surface area contributed by atoms with Crippen LogP contribution in [0.25, 0.3) is 11.3 Å². The van der Waals surface area contributed by atoms with Crippen LogP contribution in [0.3, 0.4) is 0 Å². The van der Waals surface area contributed by atoms with Crippen LogP contribution in [0.4, 0.5) is 5.00 Å². The maximum absolute atomic E-state index is 13.9. The molecule has 0 unspecified atom stereocenters. The fourth-order valence-corrected chi connectivity index (χ4v) is 6.03. The van der Waals surface area contributed by atoms with Gasteiger partial charge in [0.25, 0.3) is 0 Å². The Labute approximate surface area is 234 Å². The molecule has 39 heavy (non-hydrogen) atoms. The fraction of sp³-hybridized carbons (Fsp3) is 0.607. The number of aromatic nitrogens is 2. The van der Waals surface area contributed by atoms with Gasteiger partial charge in [-0.1, -0.05) is 61.0 Å². The van der Waals surface area contributed by atoms with Gasteiger partial charge in [-0.3, -0.25) is 14.4 Å². The Hall–Kier alpha value is -2.89. The lowest BCUT2D eigenvalue weighted by Gasteiger charge is -2.41. The van der Waals surface area contributed by atoms with Crippen molar-refractivity contribution in [1.29, 1.82) is 0 Å². The predicted molar refractivity (Wildman–Crippen MR) is 151 cm³/mol. The molecule has 1 saturated carbocycles. The molecule has 2 aromatic rings. The normalized spacial score (nSPS) is 19.9. The number of likely N-dealkylation sites (N-methyl/N-ethyl adjacent to an activating group) is 1. The molecule has 1 aromatic heterocycles. The molecule has 212 valence electrons. The molecule has 2 aliphatic rings. The quantitative estimate of drug-likeness (QED) is 0.353. The number of hydrogen-bond donors (Lipinski definition) is 4. The summed E-state index contributed by atoms with van der Waals surface area (Å²) in [6.45, 7) is 4.80. The van der Waals surface area contributed by atoms with E-state index in [1.807, 2.05) is 37.3 Å². The third kappa shape index (κ3) is 7.20. The standard InChI is InChI=1S/C28H40N6O4S/c1-18(29-3)24(35)30-21(19-10-6-4-7-11-19)25(36)31-23(28(2)14-16-38-17-15-28)26(37)32-27-22(33-34-39-27)20-12-8-5-9-13-20/h5,8-9,12-13,18-19,21,23,29H,4,6-7,10-11,14-17H2,1-3H3,(H,30,35)(H,31,36)(H,32,37)/t18-,21-,23+/m0/s1. The van der Waals surface area contributed by atoms with Crippen molar-refractivity contribution in [1.82, 2.24) is 25.5 Å². The molecule has 1 aliphatic heterocycles. The first-order chi connectivity index (χ1) is 18.8. The topological polar surface area (TPSA) is 134 Å². The van der Waals surface area contributed by atoms with Crippen molar-refractivity contribution in [2.45, 2.75) is 76.9 Å². The maximum atomic E-state index is 13.9. The summed E-state index contributed by atoms with van der Waals surface area (Å²) in [7, 11) is 1.71. The van der Waals surface area contributed by atoms with Crippen LogP contribution in [-0.4, -0.2) is 65.7 Å². The van der Waals surface area contributed by atoms with E-state index in [1.165, 1.54) is 0 Å². The van der Waals surface area contributed by atoms with E-state index in [1.54, 1.807) is 14.0 Å². The van der Waals surface area contributed by atoms with Crippen molar-refractivity contribution in [2.75, 3.05) is 25.6 Å². The average Bonchev–Trinajstić information content (AvgIpc) is 3.43. The van der Waals surface area contributed by atoms with Crippen LogP contribution >= 0.6 is 11.5 Å². The molecule has 11 heteroatoms. The second-order valence-electron chi connectivity index (χ2n) is 10.9. The Balaban J connectivity index is 1.58. The molecule has 1 aliphatic carbocycles. The van der Waals surface area contributed by atoms with Gasteiger partial charge in [0, 0.05) is 35.7 Å². The first-order valence-corrected chi connectivity index (χ1v) is 14.6. The Morgan fingerprint density at radius 2 is 1.69 bits per heavy atom. The number of benzene rings is 1. The summed E-state index contributed by atoms with van der Waals surface area (Å²) >= 11 is 1.10. The molecule has 2 fully saturated rings. The lowest BCUT2D eigenvalue weighted by Crippen LogP contribution is -2.61. The average molecular weight is 557 g/mol. The highest BCUT2D eigenvalue weighted by Crippen LogP contribution is 2.36. The van der Waals surface area contributed by atoms with Crippen molar-refractivity contribution >= 4 is 34.3 Å². The van der Waals surface area contributed by atoms with E-state index >= 15 is 0 Å². The Morgan fingerprint density at radius 1 is 1.00 bits per heavy atom. The Kier molecular flexibility index (Phi) is 10.0. The minimum atomic E-state index is -0.829. The molecule has 10 nitrogen and oxygen atoms in total. The van der Waals surface area contributed by atoms with E-state index in [4.69, 9.17) is 4.74 Å². The minimum absolute atomic E-state index is 0.0216. The van der Waals surface area contributed by atoms with Gasteiger partial charge >= 0.3 is 0 Å². The van der Waals surface area contributed by atoms with E-state index in [-0.39, 0.29) is 23.6 Å². The van der Waals surface area contributed by atoms with E-state index in [9.17, 15) is 14.4 Å². The number of nitrogens with zero attached hydrogens (tertiary/aromatic N) is 2. The van der Waals surface area contributed by atoms with Crippen LogP contribution < -0.4 is 21.3 Å². The summed E-state index contributed by atoms with van der Waals surface area (Å²) in [4.78, 5) is 40.6. The lowest BCUT2D eigenvalue weighted by atomic mass is 9.74. The zero-order valence-corrected chi connectivity index (χ0v) is 23.8. The lowest BCUT2D eigenvalue weighted by molar-refractivity contribution is -0.135. The second kappa shape index (κ2) is 13.5. The first-order valence-electron chi connectivity index (χ1n) is 13.9. The van der Waals surface area contributed by atoms with Crippen molar-refractivity contribution in [2.24, 2.45) is 11.3 Å². The summed E-state index contributed by atoms with van der Waals surface area (Å²) in [6, 6.07) is 7.57. The van der Waals surface area contributed by atoms with Gasteiger partial charge in [0.05, 0.1) is 6.04 Å². The van der Waals surface area contributed by atoms with Gasteiger partial charge in [0.1, 0.15) is 22.8 Å². The number of nitrogens with one attached hydrogen (secondary N) is 4. The number of carbonyl (C=O) groups is 3. The number of hydrogen-bond acceptors (Lipinski definition) is 8. The van der Waals surface area contributed by atoms with Gasteiger partial charge in [0.2, 0.25) is 17.7 Å². The molecule has 2 heterocycles. The van der Waals surface area contributed by atoms with Crippen LogP contribution in [0, 0.1) is 11.3 Å². The Bertz CT molecular complexity index is 1110. The number of amides is 3. The van der Waals surface area contributed by atoms with Crippen LogP contribution in [0.2, 0.25) is 0 Å². The van der Waals surface area contributed by atoms with Crippen molar-refractivity contribution < 1.29 is 19.1 Å². The Morgan fingerprint density at radius 3 is 2.36 bits per heavy atom. The van der Waals surface area contributed by atoms with Gasteiger partial charge < -0.3 is 26.0 Å². The number of carbonyl (C=O) groups excluding carboxylic acids is 3. The third-order valence-electron chi connectivity index (χ3n) is 8.18. The highest BCUT2D eigenvalue weighted by atomic mass is 32.1. The number of ether oxygens (including phenoxy) is 1. The van der Waals surface area contributed by atoms with E-state index < -0.39 is 23.5 Å². The molecule has 0 radical (unpaired) electrons. The second-order valence-corrected chi connectivity index (χ2v) is 11.7. The molecule has 1 aromatic carbocycles. The molecule has 4 rings (SSSR count). The van der Waals surface area contributed by atoms with Crippen LogP contribution in [0.1, 0.15) is 58.8 Å². The molecule has 4 N–H and O–H groups in total. The van der Waals surface area contributed by atoms with Crippen molar-refractivity contribution in [3.05, 3.63) is 30.3 Å². The molecule has 0 spiro atoms. The summed E-state index contributed by atoms with van der Waals surface area (Å²) in [6.07, 6.45) is 6.13. The molecule has 3 atom stereocenters. The minimum Gasteiger partial charge on any atom is -0.381 e. The van der Waals surface area contributed by atoms with Gasteiger partial charge in [-0.2, -0.15) is 0 Å². The number of rotatable bonds is 10. The third-order valence-corrected chi connectivity index (χ3v) is 8.82. The SMILES string of the molecule is CN[C@@H](C)C(=O)N[C@H](C(=O)N[C@H](C(=O)Nc1snnc1-c1ccccc1)C1(C)CCOCC1)C1CCCCC1. The molecular formula is C28H40N6O4S. The monoisotopic (exact) mass is 556 g/mol. The van der Waals surface area contributed by atoms with Gasteiger partial charge in [0.15, 0.2) is 0 Å². The van der Waals surface area contributed by atoms with E-state index in [0.717, 1.165) is 49.2 Å².